The van der Waals surface area contributed by atoms with Crippen molar-refractivity contribution in [3.05, 3.63) is 67.3 Å². The second-order valence-electron chi connectivity index (χ2n) is 14.3. The molecule has 4 atom stereocenters. The van der Waals surface area contributed by atoms with Gasteiger partial charge in [-0.2, -0.15) is 0 Å². The van der Waals surface area contributed by atoms with Gasteiger partial charge in [0, 0.05) is 35.4 Å². The number of nitrogens with one attached hydrogen (secondary N) is 3. The maximum Gasteiger partial charge on any atom is 0.408 e. The van der Waals surface area contributed by atoms with Gasteiger partial charge in [-0.05, 0) is 52.2 Å². The van der Waals surface area contributed by atoms with E-state index in [9.17, 15) is 27.6 Å². The second-order valence-corrected chi connectivity index (χ2v) is 16.3. The van der Waals surface area contributed by atoms with Crippen LogP contribution in [-0.2, 0) is 29.1 Å². The van der Waals surface area contributed by atoms with Crippen LogP contribution in [0.2, 0.25) is 0 Å². The third-order valence-corrected chi connectivity index (χ3v) is 11.1. The van der Waals surface area contributed by atoms with Crippen LogP contribution >= 0.6 is 0 Å². The average molecular weight is 734 g/mol. The lowest BCUT2D eigenvalue weighted by Crippen LogP contribution is -2.57. The molecule has 15 heteroatoms. The Morgan fingerprint density at radius 2 is 1.81 bits per heavy atom. The fourth-order valence-corrected chi connectivity index (χ4v) is 7.69. The smallest absolute Gasteiger partial charge is 0.408 e. The number of aromatic nitrogens is 1. The van der Waals surface area contributed by atoms with Crippen molar-refractivity contribution >= 4 is 44.7 Å². The molecule has 0 spiro atoms. The Hall–Kier alpha value is -5.18. The summed E-state index contributed by atoms with van der Waals surface area (Å²) in [5, 5.41) is 5.24. The normalized spacial score (nSPS) is 22.6. The van der Waals surface area contributed by atoms with E-state index in [4.69, 9.17) is 19.2 Å². The molecular weight excluding hydrogens is 691 g/mol. The van der Waals surface area contributed by atoms with Gasteiger partial charge >= 0.3 is 6.09 Å². The monoisotopic (exact) mass is 733 g/mol. The number of hydrogen-bond acceptors (Lipinski definition) is 10. The minimum atomic E-state index is -3.89. The lowest BCUT2D eigenvalue weighted by molar-refractivity contribution is -0.139. The van der Waals surface area contributed by atoms with Crippen LogP contribution in [0.25, 0.3) is 22.2 Å². The zero-order valence-corrected chi connectivity index (χ0v) is 30.3. The molecule has 2 heterocycles. The Bertz CT molecular complexity index is 2010. The largest absolute Gasteiger partial charge is 0.497 e. The first-order valence-corrected chi connectivity index (χ1v) is 18.6. The highest BCUT2D eigenvalue weighted by atomic mass is 32.2. The summed E-state index contributed by atoms with van der Waals surface area (Å²) < 4.78 is 44.7. The molecule has 0 bridgehead atoms. The third kappa shape index (κ3) is 7.98. The van der Waals surface area contributed by atoms with Crippen LogP contribution in [0.4, 0.5) is 4.79 Å². The Morgan fingerprint density at radius 3 is 2.44 bits per heavy atom. The highest BCUT2D eigenvalue weighted by Gasteiger charge is 2.62. The zero-order valence-electron chi connectivity index (χ0n) is 29.5. The molecule has 3 aromatic rings. The lowest BCUT2D eigenvalue weighted by Gasteiger charge is -2.27. The molecule has 3 fully saturated rings. The Morgan fingerprint density at radius 1 is 1.08 bits per heavy atom. The van der Waals surface area contributed by atoms with Crippen LogP contribution < -0.4 is 24.8 Å². The minimum absolute atomic E-state index is 0.0292. The number of fused-ring (bicyclic) bond motifs is 1. The summed E-state index contributed by atoms with van der Waals surface area (Å²) in [6.07, 6.45) is 1.07. The molecule has 276 valence electrons. The van der Waals surface area contributed by atoms with Crippen molar-refractivity contribution in [1.29, 1.82) is 0 Å². The molecule has 4 amide bonds. The molecule has 1 aliphatic heterocycles. The van der Waals surface area contributed by atoms with Crippen molar-refractivity contribution in [3.63, 3.8) is 0 Å². The molecule has 52 heavy (non-hydrogen) atoms. The highest BCUT2D eigenvalue weighted by Crippen LogP contribution is 2.45. The molecule has 2 aliphatic carbocycles. The van der Waals surface area contributed by atoms with Crippen LogP contribution in [0, 0.1) is 5.92 Å². The standard InChI is InChI=1S/C37H43N5O9S/c1-6-23-19-37(23,34(45)41-52(47,48)26-13-14-26)40-33(44)30-17-25(21-42(30)32(43)20-38-35(46)51-36(2,3)4)50-31-18-28(22-10-8-7-9-11-22)39-29-16-24(49-5)12-15-27(29)31/h6-12,15-16,18,23,25-26,30H,1,13-14,17,19-21H2,2-5H3,(H,38,46)(H,40,44)(H,41,45)/t23-,25-,30+,37-/m1/s1. The first kappa shape index (κ1) is 36.6. The van der Waals surface area contributed by atoms with Crippen molar-refractivity contribution in [1.82, 2.24) is 25.2 Å². The predicted molar refractivity (Wildman–Crippen MR) is 192 cm³/mol. The van der Waals surface area contributed by atoms with E-state index < -0.39 is 74.8 Å². The second kappa shape index (κ2) is 14.1. The van der Waals surface area contributed by atoms with Gasteiger partial charge in [0.2, 0.25) is 21.8 Å². The van der Waals surface area contributed by atoms with Gasteiger partial charge < -0.3 is 29.7 Å². The Balaban J connectivity index is 1.27. The minimum Gasteiger partial charge on any atom is -0.497 e. The SMILES string of the molecule is C=C[C@@H]1C[C@]1(NC(=O)[C@@H]1C[C@@H](Oc2cc(-c3ccccc3)nc3cc(OC)ccc23)CN1C(=O)CNC(=O)OC(C)(C)C)C(=O)NS(=O)(=O)C1CC1. The van der Waals surface area contributed by atoms with Crippen LogP contribution in [0.3, 0.4) is 0 Å². The van der Waals surface area contributed by atoms with Gasteiger partial charge in [0.1, 0.15) is 41.3 Å². The van der Waals surface area contributed by atoms with E-state index in [-0.39, 0.29) is 19.4 Å². The number of benzene rings is 2. The van der Waals surface area contributed by atoms with Crippen molar-refractivity contribution in [2.45, 2.75) is 75.0 Å². The van der Waals surface area contributed by atoms with Gasteiger partial charge in [-0.3, -0.25) is 19.1 Å². The molecule has 2 aromatic carbocycles. The molecule has 2 saturated carbocycles. The topological polar surface area (TPSA) is 182 Å². The van der Waals surface area contributed by atoms with Gasteiger partial charge in [0.15, 0.2) is 0 Å². The third-order valence-electron chi connectivity index (χ3n) is 9.26. The molecule has 6 rings (SSSR count). The van der Waals surface area contributed by atoms with Crippen LogP contribution in [0.5, 0.6) is 11.5 Å². The van der Waals surface area contributed by atoms with Crippen LogP contribution in [-0.4, -0.2) is 90.9 Å². The number of nitrogens with zero attached hydrogens (tertiary/aromatic N) is 2. The van der Waals surface area contributed by atoms with Gasteiger partial charge in [-0.25, -0.2) is 18.2 Å². The number of rotatable bonds is 12. The maximum absolute atomic E-state index is 14.1. The average Bonchev–Trinajstić information content (AvgIpc) is 4.03. The summed E-state index contributed by atoms with van der Waals surface area (Å²) in [7, 11) is -2.33. The molecular formula is C37H43N5O9S. The van der Waals surface area contributed by atoms with Gasteiger partial charge in [0.25, 0.3) is 5.91 Å². The summed E-state index contributed by atoms with van der Waals surface area (Å²) in [4.78, 5) is 59.7. The fourth-order valence-electron chi connectivity index (χ4n) is 6.33. The summed E-state index contributed by atoms with van der Waals surface area (Å²) in [5.41, 5.74) is -0.258. The molecule has 1 aromatic heterocycles. The van der Waals surface area contributed by atoms with E-state index in [0.717, 1.165) is 5.56 Å². The molecule has 0 radical (unpaired) electrons. The van der Waals surface area contributed by atoms with Crippen LogP contribution in [0.15, 0.2) is 67.3 Å². The quantitative estimate of drug-likeness (QED) is 0.233. The van der Waals surface area contributed by atoms with Gasteiger partial charge in [-0.15, -0.1) is 6.58 Å². The molecule has 0 unspecified atom stereocenters. The van der Waals surface area contributed by atoms with E-state index >= 15 is 0 Å². The number of pyridine rings is 1. The zero-order chi connectivity index (χ0) is 37.4. The number of methoxy groups -OCH3 is 1. The number of amides is 4. The number of carbonyl (C=O) groups excluding carboxylic acids is 4. The van der Waals surface area contributed by atoms with E-state index in [2.05, 4.69) is 21.9 Å². The van der Waals surface area contributed by atoms with Crippen molar-refractivity contribution in [3.8, 4) is 22.8 Å². The first-order valence-electron chi connectivity index (χ1n) is 17.1. The fraction of sp³-hybridized carbons (Fsp3) is 0.432. The Labute approximate surface area is 302 Å². The number of ether oxygens (including phenoxy) is 3. The number of carbonyl (C=O) groups is 4. The van der Waals surface area contributed by atoms with Crippen LogP contribution in [0.1, 0.15) is 46.5 Å². The van der Waals surface area contributed by atoms with E-state index in [1.165, 1.54) is 11.0 Å². The number of sulfonamides is 1. The maximum atomic E-state index is 14.1. The van der Waals surface area contributed by atoms with E-state index in [1.807, 2.05) is 36.4 Å². The van der Waals surface area contributed by atoms with E-state index in [1.54, 1.807) is 46.1 Å². The lowest BCUT2D eigenvalue weighted by atomic mass is 10.1. The van der Waals surface area contributed by atoms with Crippen molar-refractivity contribution in [2.24, 2.45) is 5.92 Å². The van der Waals surface area contributed by atoms with Crippen molar-refractivity contribution < 1.29 is 41.8 Å². The summed E-state index contributed by atoms with van der Waals surface area (Å²) in [6, 6.07) is 15.6. The molecule has 3 aliphatic rings. The Kier molecular flexibility index (Phi) is 9.92. The summed E-state index contributed by atoms with van der Waals surface area (Å²) >= 11 is 0. The molecule has 1 saturated heterocycles. The summed E-state index contributed by atoms with van der Waals surface area (Å²) in [5.74, 6) is -1.56. The number of alkyl carbamates (subject to hydrolysis) is 1. The number of hydrogen-bond donors (Lipinski definition) is 3. The first-order chi connectivity index (χ1) is 24.6. The van der Waals surface area contributed by atoms with Gasteiger partial charge in [-0.1, -0.05) is 36.4 Å². The molecule has 14 nitrogen and oxygen atoms in total. The highest BCUT2D eigenvalue weighted by molar-refractivity contribution is 7.91. The van der Waals surface area contributed by atoms with E-state index in [0.29, 0.717) is 40.9 Å². The van der Waals surface area contributed by atoms with Crippen molar-refractivity contribution in [2.75, 3.05) is 20.2 Å². The number of likely N-dealkylation sites (tertiary alicyclic amines) is 1. The predicted octanol–water partition coefficient (Wildman–Crippen LogP) is 3.45. The molecule has 3 N–H and O–H groups in total. The van der Waals surface area contributed by atoms with Gasteiger partial charge in [0.05, 0.1) is 30.1 Å². The summed E-state index contributed by atoms with van der Waals surface area (Å²) in [6.45, 7) is 8.32.